The van der Waals surface area contributed by atoms with E-state index in [-0.39, 0.29) is 11.9 Å². The maximum atomic E-state index is 12.8. The van der Waals surface area contributed by atoms with Crippen LogP contribution in [0.5, 0.6) is 0 Å². The van der Waals surface area contributed by atoms with E-state index in [4.69, 9.17) is 4.74 Å². The fourth-order valence-corrected chi connectivity index (χ4v) is 6.89. The van der Waals surface area contributed by atoms with Crippen molar-refractivity contribution in [3.63, 3.8) is 0 Å². The molecule has 0 aliphatic carbocycles. The first kappa shape index (κ1) is 17.6. The maximum Gasteiger partial charge on any atom is 0.216 e. The van der Waals surface area contributed by atoms with Crippen LogP contribution in [0.3, 0.4) is 0 Å². The first-order chi connectivity index (χ1) is 12.0. The Morgan fingerprint density at radius 2 is 2.28 bits per heavy atom. The number of hydrogen-bond acceptors (Lipinski definition) is 6. The van der Waals surface area contributed by atoms with Crippen molar-refractivity contribution in [2.24, 2.45) is 0 Å². The van der Waals surface area contributed by atoms with Crippen LogP contribution < -0.4 is 0 Å². The molecule has 2 aromatic rings. The maximum absolute atomic E-state index is 12.8. The number of aryl methyl sites for hydroxylation is 1. The SMILES string of the molecule is Cc1nc(-c2cc3c(s2)CCN(S(=O)(=O)CC2CCCCO2)C3)cs1. The lowest BCUT2D eigenvalue weighted by atomic mass is 10.1. The van der Waals surface area contributed by atoms with E-state index in [1.165, 1.54) is 4.88 Å². The average molecular weight is 399 g/mol. The summed E-state index contributed by atoms with van der Waals surface area (Å²) in [5.74, 6) is 0.116. The zero-order chi connectivity index (χ0) is 17.4. The molecule has 1 saturated heterocycles. The molecule has 4 rings (SSSR count). The van der Waals surface area contributed by atoms with Gasteiger partial charge in [0.2, 0.25) is 10.0 Å². The number of nitrogens with zero attached hydrogens (tertiary/aromatic N) is 2. The molecule has 0 amide bonds. The van der Waals surface area contributed by atoms with Crippen LogP contribution in [0.15, 0.2) is 11.4 Å². The summed E-state index contributed by atoms with van der Waals surface area (Å²) in [7, 11) is -3.28. The third-order valence-electron chi connectivity index (χ3n) is 4.77. The lowest BCUT2D eigenvalue weighted by Gasteiger charge is -2.29. The summed E-state index contributed by atoms with van der Waals surface area (Å²) in [4.78, 5) is 6.99. The van der Waals surface area contributed by atoms with E-state index in [2.05, 4.69) is 16.4 Å². The van der Waals surface area contributed by atoms with Gasteiger partial charge in [0, 0.05) is 30.0 Å². The number of sulfonamides is 1. The van der Waals surface area contributed by atoms with Crippen molar-refractivity contribution in [1.29, 1.82) is 0 Å². The molecule has 4 heterocycles. The fourth-order valence-electron chi connectivity index (χ4n) is 3.43. The van der Waals surface area contributed by atoms with Crippen LogP contribution in [0.2, 0.25) is 0 Å². The molecule has 0 bridgehead atoms. The Balaban J connectivity index is 1.49. The first-order valence-corrected chi connectivity index (χ1v) is 12.0. The van der Waals surface area contributed by atoms with Gasteiger partial charge >= 0.3 is 0 Å². The van der Waals surface area contributed by atoms with Crippen LogP contribution >= 0.6 is 22.7 Å². The number of rotatable bonds is 4. The van der Waals surface area contributed by atoms with Gasteiger partial charge in [-0.2, -0.15) is 4.31 Å². The minimum absolute atomic E-state index is 0.116. The van der Waals surface area contributed by atoms with Crippen molar-refractivity contribution in [3.05, 3.63) is 26.9 Å². The molecule has 2 aliphatic rings. The molecule has 2 aromatic heterocycles. The van der Waals surface area contributed by atoms with E-state index in [0.717, 1.165) is 46.8 Å². The van der Waals surface area contributed by atoms with Gasteiger partial charge in [0.05, 0.1) is 27.4 Å². The Morgan fingerprint density at radius 3 is 3.00 bits per heavy atom. The molecular formula is C17H22N2O3S3. The number of hydrogen-bond donors (Lipinski definition) is 0. The summed E-state index contributed by atoms with van der Waals surface area (Å²) >= 11 is 3.39. The first-order valence-electron chi connectivity index (χ1n) is 8.65. The van der Waals surface area contributed by atoms with Crippen molar-refractivity contribution in [1.82, 2.24) is 9.29 Å². The van der Waals surface area contributed by atoms with Crippen LogP contribution in [0.25, 0.3) is 10.6 Å². The second-order valence-corrected chi connectivity index (χ2v) is 10.9. The summed E-state index contributed by atoms with van der Waals surface area (Å²) in [5.41, 5.74) is 2.14. The van der Waals surface area contributed by atoms with E-state index in [1.54, 1.807) is 27.0 Å². The average Bonchev–Trinajstić information content (AvgIpc) is 3.20. The third-order valence-corrected chi connectivity index (χ3v) is 8.69. The summed E-state index contributed by atoms with van der Waals surface area (Å²) in [6.07, 6.45) is 3.59. The standard InChI is InChI=1S/C17H22N2O3S3/c1-12-18-15(10-23-12)17-8-13-9-19(6-5-16(13)24-17)25(20,21)11-14-4-2-3-7-22-14/h8,10,14H,2-7,9,11H2,1H3. The molecule has 25 heavy (non-hydrogen) atoms. The van der Waals surface area contributed by atoms with Crippen LogP contribution in [-0.4, -0.2) is 42.7 Å². The summed E-state index contributed by atoms with van der Waals surface area (Å²) in [6, 6.07) is 2.12. The molecule has 0 aromatic carbocycles. The largest absolute Gasteiger partial charge is 0.377 e. The van der Waals surface area contributed by atoms with Crippen LogP contribution in [0, 0.1) is 6.92 Å². The van der Waals surface area contributed by atoms with Crippen molar-refractivity contribution in [3.8, 4) is 10.6 Å². The fraction of sp³-hybridized carbons (Fsp3) is 0.588. The van der Waals surface area contributed by atoms with Gasteiger partial charge in [0.25, 0.3) is 0 Å². The molecule has 0 saturated carbocycles. The molecule has 136 valence electrons. The number of ether oxygens (including phenoxy) is 1. The van der Waals surface area contributed by atoms with Gasteiger partial charge in [-0.05, 0) is 44.2 Å². The van der Waals surface area contributed by atoms with Gasteiger partial charge in [0.15, 0.2) is 0 Å². The predicted octanol–water partition coefficient (Wildman–Crippen LogP) is 3.44. The van der Waals surface area contributed by atoms with E-state index < -0.39 is 10.0 Å². The monoisotopic (exact) mass is 398 g/mol. The molecule has 0 spiro atoms. The number of thiazole rings is 1. The Hall–Kier alpha value is -0.800. The van der Waals surface area contributed by atoms with E-state index in [0.29, 0.717) is 19.7 Å². The highest BCUT2D eigenvalue weighted by Crippen LogP contribution is 2.36. The highest BCUT2D eigenvalue weighted by molar-refractivity contribution is 7.89. The van der Waals surface area contributed by atoms with Gasteiger partial charge in [0.1, 0.15) is 0 Å². The smallest absolute Gasteiger partial charge is 0.216 e. The molecule has 2 aliphatic heterocycles. The zero-order valence-electron chi connectivity index (χ0n) is 14.2. The normalized spacial score (nSPS) is 22.0. The number of thiophene rings is 1. The Labute approximate surface area is 156 Å². The van der Waals surface area contributed by atoms with E-state index >= 15 is 0 Å². The lowest BCUT2D eigenvalue weighted by molar-refractivity contribution is 0.0298. The summed E-state index contributed by atoms with van der Waals surface area (Å²) in [5, 5.41) is 3.12. The molecule has 5 nitrogen and oxygen atoms in total. The van der Waals surface area contributed by atoms with Gasteiger partial charge in [-0.25, -0.2) is 13.4 Å². The van der Waals surface area contributed by atoms with Gasteiger partial charge < -0.3 is 4.74 Å². The molecular weight excluding hydrogens is 376 g/mol. The van der Waals surface area contributed by atoms with Crippen LogP contribution in [0.1, 0.15) is 34.7 Å². The summed E-state index contributed by atoms with van der Waals surface area (Å²) < 4.78 is 32.8. The summed E-state index contributed by atoms with van der Waals surface area (Å²) in [6.45, 7) is 3.73. The van der Waals surface area contributed by atoms with E-state index in [1.807, 2.05) is 6.92 Å². The molecule has 0 N–H and O–H groups in total. The zero-order valence-corrected chi connectivity index (χ0v) is 16.7. The minimum Gasteiger partial charge on any atom is -0.377 e. The molecule has 1 fully saturated rings. The van der Waals surface area contributed by atoms with E-state index in [9.17, 15) is 8.42 Å². The third kappa shape index (κ3) is 3.83. The Bertz CT molecular complexity index is 850. The van der Waals surface area contributed by atoms with Crippen molar-refractivity contribution in [2.45, 2.75) is 45.3 Å². The minimum atomic E-state index is -3.28. The predicted molar refractivity (Wildman–Crippen MR) is 102 cm³/mol. The van der Waals surface area contributed by atoms with Crippen molar-refractivity contribution < 1.29 is 13.2 Å². The Kier molecular flexibility index (Phi) is 4.98. The highest BCUT2D eigenvalue weighted by Gasteiger charge is 2.31. The Morgan fingerprint density at radius 1 is 1.40 bits per heavy atom. The molecule has 1 atom stereocenters. The molecule has 0 radical (unpaired) electrons. The highest BCUT2D eigenvalue weighted by atomic mass is 32.2. The lowest BCUT2D eigenvalue weighted by Crippen LogP contribution is -2.40. The second kappa shape index (κ2) is 7.08. The quantitative estimate of drug-likeness (QED) is 0.792. The van der Waals surface area contributed by atoms with Gasteiger partial charge in [-0.15, -0.1) is 22.7 Å². The van der Waals surface area contributed by atoms with Crippen LogP contribution in [0.4, 0.5) is 0 Å². The van der Waals surface area contributed by atoms with Gasteiger partial charge in [-0.3, -0.25) is 0 Å². The molecule has 1 unspecified atom stereocenters. The van der Waals surface area contributed by atoms with Crippen LogP contribution in [-0.2, 0) is 27.7 Å². The van der Waals surface area contributed by atoms with Crippen molar-refractivity contribution >= 4 is 32.7 Å². The molecule has 8 heteroatoms. The van der Waals surface area contributed by atoms with Gasteiger partial charge in [-0.1, -0.05) is 0 Å². The second-order valence-electron chi connectivity index (χ2n) is 6.66. The topological polar surface area (TPSA) is 59.5 Å². The number of fused-ring (bicyclic) bond motifs is 1. The number of aromatic nitrogens is 1. The van der Waals surface area contributed by atoms with Crippen molar-refractivity contribution in [2.75, 3.05) is 18.9 Å².